The first-order valence-corrected chi connectivity index (χ1v) is 6.53. The topological polar surface area (TPSA) is 22.1 Å². The quantitative estimate of drug-likeness (QED) is 0.519. The second kappa shape index (κ2) is 4.94. The largest absolute Gasteiger partial charge is 0.490 e. The van der Waals surface area contributed by atoms with E-state index in [4.69, 9.17) is 17.0 Å². The van der Waals surface area contributed by atoms with Crippen molar-refractivity contribution in [3.63, 3.8) is 0 Å². The van der Waals surface area contributed by atoms with Gasteiger partial charge < -0.3 is 4.74 Å². The average molecular weight is 267 g/mol. The van der Waals surface area contributed by atoms with Crippen molar-refractivity contribution >= 4 is 39.1 Å². The van der Waals surface area contributed by atoms with Crippen LogP contribution in [0, 0.1) is 0 Å². The highest BCUT2D eigenvalue weighted by Gasteiger charge is 2.10. The molecule has 0 aliphatic rings. The van der Waals surface area contributed by atoms with Crippen molar-refractivity contribution in [2.45, 2.75) is 6.42 Å². The number of para-hydroxylation sites is 2. The third kappa shape index (κ3) is 2.17. The summed E-state index contributed by atoms with van der Waals surface area (Å²) in [6, 6.07) is 16.3. The molecule has 1 aromatic heterocycles. The summed E-state index contributed by atoms with van der Waals surface area (Å²) in [6.45, 7) is 0. The predicted molar refractivity (Wildman–Crippen MR) is 82.6 cm³/mol. The molecule has 0 aliphatic carbocycles. The van der Waals surface area contributed by atoms with Gasteiger partial charge in [0.05, 0.1) is 18.1 Å². The fraction of sp³-hybridized carbons (Fsp3) is 0.125. The van der Waals surface area contributed by atoms with Crippen LogP contribution in [0.1, 0.15) is 5.56 Å². The lowest BCUT2D eigenvalue weighted by molar-refractivity contribution is 0.406. The fourth-order valence-electron chi connectivity index (χ4n) is 2.33. The Bertz CT molecular complexity index is 713. The molecule has 0 amide bonds. The fourth-order valence-corrected chi connectivity index (χ4v) is 2.48. The molecule has 3 heteroatoms. The van der Waals surface area contributed by atoms with E-state index in [1.165, 1.54) is 5.56 Å². The third-order valence-corrected chi connectivity index (χ3v) is 3.56. The second-order valence-electron chi connectivity index (χ2n) is 4.38. The molecule has 0 radical (unpaired) electrons. The number of hydrogen-bond donors (Lipinski definition) is 0. The summed E-state index contributed by atoms with van der Waals surface area (Å²) in [5, 5.41) is 2.88. The van der Waals surface area contributed by atoms with Crippen LogP contribution in [0.25, 0.3) is 21.8 Å². The van der Waals surface area contributed by atoms with Crippen LogP contribution >= 0.6 is 12.2 Å². The van der Waals surface area contributed by atoms with Gasteiger partial charge in [0.15, 0.2) is 5.05 Å². The van der Waals surface area contributed by atoms with Crippen molar-refractivity contribution in [1.82, 2.24) is 4.98 Å². The number of rotatable bonds is 2. The van der Waals surface area contributed by atoms with E-state index in [0.29, 0.717) is 11.5 Å². The van der Waals surface area contributed by atoms with Gasteiger partial charge in [-0.15, -0.1) is 0 Å². The van der Waals surface area contributed by atoms with Gasteiger partial charge >= 0.3 is 0 Å². The summed E-state index contributed by atoms with van der Waals surface area (Å²) in [5.74, 6) is 0. The molecule has 0 saturated heterocycles. The van der Waals surface area contributed by atoms with E-state index in [1.807, 2.05) is 36.4 Å². The van der Waals surface area contributed by atoms with E-state index in [0.717, 1.165) is 21.8 Å². The number of ether oxygens (including phenoxy) is 1. The minimum atomic E-state index is 0.599. The molecule has 0 unspecified atom stereocenters. The number of aromatic nitrogens is 1. The molecule has 0 atom stereocenters. The Morgan fingerprint density at radius 1 is 1.00 bits per heavy atom. The van der Waals surface area contributed by atoms with Gasteiger partial charge in [0.1, 0.15) is 0 Å². The number of hydrogen-bond acceptors (Lipinski definition) is 3. The summed E-state index contributed by atoms with van der Waals surface area (Å²) in [5.41, 5.74) is 3.18. The molecule has 0 spiro atoms. The van der Waals surface area contributed by atoms with E-state index < -0.39 is 0 Å². The lowest BCUT2D eigenvalue weighted by Crippen LogP contribution is -2.04. The van der Waals surface area contributed by atoms with E-state index in [2.05, 4.69) is 17.1 Å². The third-order valence-electron chi connectivity index (χ3n) is 3.25. The molecule has 0 N–H and O–H groups in total. The first-order chi connectivity index (χ1) is 9.29. The van der Waals surface area contributed by atoms with E-state index in [1.54, 1.807) is 7.11 Å². The average Bonchev–Trinajstić information content (AvgIpc) is 2.46. The van der Waals surface area contributed by atoms with Crippen molar-refractivity contribution in [3.05, 3.63) is 54.1 Å². The Morgan fingerprint density at radius 3 is 2.05 bits per heavy atom. The van der Waals surface area contributed by atoms with Crippen LogP contribution in [0.2, 0.25) is 0 Å². The highest BCUT2D eigenvalue weighted by molar-refractivity contribution is 7.80. The van der Waals surface area contributed by atoms with Gasteiger partial charge in [-0.05, 0) is 29.9 Å². The number of pyridine rings is 1. The molecule has 2 aromatic carbocycles. The van der Waals surface area contributed by atoms with Crippen LogP contribution in [0.5, 0.6) is 0 Å². The van der Waals surface area contributed by atoms with Crippen molar-refractivity contribution in [2.24, 2.45) is 0 Å². The zero-order valence-corrected chi connectivity index (χ0v) is 11.4. The number of thiocarbonyl (C=S) groups is 1. The summed E-state index contributed by atoms with van der Waals surface area (Å²) in [6.07, 6.45) is 0.634. The predicted octanol–water partition coefficient (Wildman–Crippen LogP) is 3.90. The number of nitrogens with zero attached hydrogens (tertiary/aromatic N) is 1. The molecule has 2 nitrogen and oxygen atoms in total. The summed E-state index contributed by atoms with van der Waals surface area (Å²) >= 11 is 5.22. The van der Waals surface area contributed by atoms with Crippen molar-refractivity contribution in [3.8, 4) is 0 Å². The standard InChI is InChI=1S/C16H13NOS/c1-18-16(19)10-13-11-6-2-4-8-14(11)17-15-9-5-3-7-12(13)15/h2-9H,10H2,1H3. The Morgan fingerprint density at radius 2 is 1.53 bits per heavy atom. The van der Waals surface area contributed by atoms with Crippen LogP contribution in [0.3, 0.4) is 0 Å². The van der Waals surface area contributed by atoms with Gasteiger partial charge in [0, 0.05) is 17.2 Å². The molecular formula is C16H13NOS. The molecule has 3 aromatic rings. The first kappa shape index (κ1) is 12.1. The van der Waals surface area contributed by atoms with Crippen LogP contribution < -0.4 is 0 Å². The molecule has 1 heterocycles. The normalized spacial score (nSPS) is 10.8. The smallest absolute Gasteiger partial charge is 0.163 e. The summed E-state index contributed by atoms with van der Waals surface area (Å²) in [7, 11) is 1.62. The van der Waals surface area contributed by atoms with Gasteiger partial charge in [-0.2, -0.15) is 0 Å². The number of fused-ring (bicyclic) bond motifs is 2. The van der Waals surface area contributed by atoms with Crippen molar-refractivity contribution in [2.75, 3.05) is 7.11 Å². The molecule has 94 valence electrons. The van der Waals surface area contributed by atoms with Gasteiger partial charge in [0.25, 0.3) is 0 Å². The van der Waals surface area contributed by atoms with Gasteiger partial charge in [-0.25, -0.2) is 4.98 Å². The van der Waals surface area contributed by atoms with Crippen LogP contribution in [0.4, 0.5) is 0 Å². The highest BCUT2D eigenvalue weighted by atomic mass is 32.1. The number of benzene rings is 2. The SMILES string of the molecule is COC(=S)Cc1c2ccccc2nc2ccccc12. The monoisotopic (exact) mass is 267 g/mol. The zero-order valence-electron chi connectivity index (χ0n) is 10.6. The highest BCUT2D eigenvalue weighted by Crippen LogP contribution is 2.26. The summed E-state index contributed by atoms with van der Waals surface area (Å²) < 4.78 is 5.16. The van der Waals surface area contributed by atoms with Gasteiger partial charge in [-0.3, -0.25) is 0 Å². The maximum absolute atomic E-state index is 5.22. The van der Waals surface area contributed by atoms with Crippen LogP contribution in [0.15, 0.2) is 48.5 Å². The molecule has 0 bridgehead atoms. The van der Waals surface area contributed by atoms with E-state index in [9.17, 15) is 0 Å². The van der Waals surface area contributed by atoms with Gasteiger partial charge in [-0.1, -0.05) is 36.4 Å². The molecule has 0 saturated carbocycles. The lowest BCUT2D eigenvalue weighted by atomic mass is 10.0. The van der Waals surface area contributed by atoms with E-state index >= 15 is 0 Å². The van der Waals surface area contributed by atoms with Crippen LogP contribution in [-0.4, -0.2) is 17.1 Å². The Kier molecular flexibility index (Phi) is 3.13. The molecule has 19 heavy (non-hydrogen) atoms. The Balaban J connectivity index is 2.36. The molecule has 3 rings (SSSR count). The van der Waals surface area contributed by atoms with E-state index in [-0.39, 0.29) is 0 Å². The first-order valence-electron chi connectivity index (χ1n) is 6.13. The lowest BCUT2D eigenvalue weighted by Gasteiger charge is -2.10. The minimum Gasteiger partial charge on any atom is -0.490 e. The van der Waals surface area contributed by atoms with Crippen molar-refractivity contribution < 1.29 is 4.74 Å². The Labute approximate surface area is 117 Å². The van der Waals surface area contributed by atoms with Crippen molar-refractivity contribution in [1.29, 1.82) is 0 Å². The Hall–Kier alpha value is -2.00. The minimum absolute atomic E-state index is 0.599. The molecule has 0 aliphatic heterocycles. The second-order valence-corrected chi connectivity index (χ2v) is 4.83. The maximum Gasteiger partial charge on any atom is 0.163 e. The zero-order chi connectivity index (χ0) is 13.2. The summed E-state index contributed by atoms with van der Waals surface area (Å²) in [4.78, 5) is 4.69. The number of methoxy groups -OCH3 is 1. The molecular weight excluding hydrogens is 254 g/mol. The van der Waals surface area contributed by atoms with Crippen LogP contribution in [-0.2, 0) is 11.2 Å². The molecule has 0 fully saturated rings. The maximum atomic E-state index is 5.22. The van der Waals surface area contributed by atoms with Gasteiger partial charge in [0.2, 0.25) is 0 Å².